The highest BCUT2D eigenvalue weighted by molar-refractivity contribution is 5.90. The number of halogens is 3. The minimum atomic E-state index is -4.48. The fraction of sp³-hybridized carbons (Fsp3) is 0.333. The lowest BCUT2D eigenvalue weighted by Gasteiger charge is -2.12. The molecular weight excluding hydrogens is 351 g/mol. The van der Waals surface area contributed by atoms with Crippen molar-refractivity contribution in [2.75, 3.05) is 0 Å². The van der Waals surface area contributed by atoms with Crippen molar-refractivity contribution >= 4 is 11.9 Å². The van der Waals surface area contributed by atoms with Crippen LogP contribution in [0.2, 0.25) is 0 Å². The summed E-state index contributed by atoms with van der Waals surface area (Å²) in [7, 11) is 0. The van der Waals surface area contributed by atoms with Crippen LogP contribution in [0, 0.1) is 0 Å². The van der Waals surface area contributed by atoms with E-state index in [0.29, 0.717) is 0 Å². The number of alkyl halides is 3. The first-order valence-electron chi connectivity index (χ1n) is 8.03. The number of carbonyl (C=O) groups is 2. The van der Waals surface area contributed by atoms with Crippen LogP contribution in [0.15, 0.2) is 40.8 Å². The maximum atomic E-state index is 12.8. The molecule has 138 valence electrons. The van der Waals surface area contributed by atoms with E-state index in [9.17, 15) is 22.8 Å². The minimum Gasteiger partial charge on any atom is -0.449 e. The fourth-order valence-electron chi connectivity index (χ4n) is 2.27. The van der Waals surface area contributed by atoms with Crippen LogP contribution in [0.4, 0.5) is 13.2 Å². The third kappa shape index (κ3) is 4.25. The van der Waals surface area contributed by atoms with Crippen molar-refractivity contribution in [2.24, 2.45) is 0 Å². The van der Waals surface area contributed by atoms with E-state index < -0.39 is 29.7 Å². The lowest BCUT2D eigenvalue weighted by Crippen LogP contribution is -2.37. The summed E-state index contributed by atoms with van der Waals surface area (Å²) < 4.78 is 48.7. The quantitative estimate of drug-likeness (QED) is 0.817. The lowest BCUT2D eigenvalue weighted by atomic mass is 10.1. The summed E-state index contributed by atoms with van der Waals surface area (Å²) in [6, 6.07) is 7.38. The van der Waals surface area contributed by atoms with Crippen LogP contribution in [0.5, 0.6) is 0 Å². The Kier molecular flexibility index (Phi) is 4.76. The van der Waals surface area contributed by atoms with E-state index in [1.54, 1.807) is 0 Å². The van der Waals surface area contributed by atoms with Crippen molar-refractivity contribution in [2.45, 2.75) is 38.1 Å². The smallest absolute Gasteiger partial charge is 0.416 e. The molecule has 1 saturated carbocycles. The molecule has 1 amide bonds. The molecule has 26 heavy (non-hydrogen) atoms. The van der Waals surface area contributed by atoms with Gasteiger partial charge in [0.25, 0.3) is 5.91 Å². The monoisotopic (exact) mass is 367 g/mol. The number of carbonyl (C=O) groups excluding carboxylic acids is 2. The van der Waals surface area contributed by atoms with E-state index in [1.807, 2.05) is 0 Å². The molecular formula is C18H16F3NO4. The molecule has 1 heterocycles. The second kappa shape index (κ2) is 6.86. The van der Waals surface area contributed by atoms with Crippen molar-refractivity contribution < 1.29 is 31.9 Å². The van der Waals surface area contributed by atoms with Gasteiger partial charge in [0.1, 0.15) is 5.76 Å². The van der Waals surface area contributed by atoms with Gasteiger partial charge < -0.3 is 14.5 Å². The van der Waals surface area contributed by atoms with Crippen LogP contribution < -0.4 is 5.32 Å². The first-order chi connectivity index (χ1) is 12.2. The van der Waals surface area contributed by atoms with Crippen LogP contribution in [0.3, 0.4) is 0 Å². The van der Waals surface area contributed by atoms with Gasteiger partial charge in [-0.1, -0.05) is 12.1 Å². The number of esters is 1. The third-order valence-corrected chi connectivity index (χ3v) is 3.86. The van der Waals surface area contributed by atoms with E-state index in [2.05, 4.69) is 5.32 Å². The fourth-order valence-corrected chi connectivity index (χ4v) is 2.27. The zero-order valence-electron chi connectivity index (χ0n) is 13.8. The van der Waals surface area contributed by atoms with Gasteiger partial charge in [-0.05, 0) is 44.0 Å². The van der Waals surface area contributed by atoms with Crippen molar-refractivity contribution in [3.05, 3.63) is 47.7 Å². The molecule has 1 fully saturated rings. The van der Waals surface area contributed by atoms with Gasteiger partial charge in [0.15, 0.2) is 6.10 Å². The Bertz CT molecular complexity index is 824. The molecule has 1 aromatic heterocycles. The lowest BCUT2D eigenvalue weighted by molar-refractivity contribution is -0.137. The van der Waals surface area contributed by atoms with E-state index in [1.165, 1.54) is 31.2 Å². The second-order valence-electron chi connectivity index (χ2n) is 6.07. The first kappa shape index (κ1) is 18.0. The Labute approximate surface area is 147 Å². The van der Waals surface area contributed by atoms with Crippen LogP contribution in [0.25, 0.3) is 11.3 Å². The van der Waals surface area contributed by atoms with Crippen molar-refractivity contribution in [1.82, 2.24) is 5.32 Å². The largest absolute Gasteiger partial charge is 0.449 e. The average Bonchev–Trinajstić information content (AvgIpc) is 3.25. The molecule has 0 aliphatic heterocycles. The predicted molar refractivity (Wildman–Crippen MR) is 85.2 cm³/mol. The zero-order valence-corrected chi connectivity index (χ0v) is 13.8. The number of hydrogen-bond donors (Lipinski definition) is 1. The summed E-state index contributed by atoms with van der Waals surface area (Å²) in [5, 5.41) is 2.71. The van der Waals surface area contributed by atoms with Crippen molar-refractivity contribution in [3.8, 4) is 11.3 Å². The normalized spacial score (nSPS) is 15.4. The summed E-state index contributed by atoms with van der Waals surface area (Å²) in [5.41, 5.74) is -0.640. The molecule has 5 nitrogen and oxygen atoms in total. The molecule has 1 N–H and O–H groups in total. The van der Waals surface area contributed by atoms with Gasteiger partial charge in [-0.15, -0.1) is 0 Å². The van der Waals surface area contributed by atoms with Crippen molar-refractivity contribution in [1.29, 1.82) is 0 Å². The van der Waals surface area contributed by atoms with Gasteiger partial charge in [-0.3, -0.25) is 4.79 Å². The number of furan rings is 1. The molecule has 1 aliphatic rings. The van der Waals surface area contributed by atoms with E-state index >= 15 is 0 Å². The van der Waals surface area contributed by atoms with E-state index in [-0.39, 0.29) is 23.1 Å². The molecule has 0 unspecified atom stereocenters. The SMILES string of the molecule is C[C@H](OC(=O)c1ccc(-c2cccc(C(F)(F)F)c2)o1)C(=O)NC1CC1. The van der Waals surface area contributed by atoms with Crippen molar-refractivity contribution in [3.63, 3.8) is 0 Å². The molecule has 0 saturated heterocycles. The number of nitrogens with one attached hydrogen (secondary N) is 1. The van der Waals surface area contributed by atoms with Gasteiger partial charge in [0.05, 0.1) is 5.56 Å². The van der Waals surface area contributed by atoms with Crippen LogP contribution >= 0.6 is 0 Å². The average molecular weight is 367 g/mol. The summed E-state index contributed by atoms with van der Waals surface area (Å²) in [6.07, 6.45) is -3.66. The Hall–Kier alpha value is -2.77. The number of benzene rings is 1. The Balaban J connectivity index is 1.69. The van der Waals surface area contributed by atoms with Gasteiger partial charge >= 0.3 is 12.1 Å². The molecule has 3 rings (SSSR count). The Morgan fingerprint density at radius 3 is 2.62 bits per heavy atom. The summed E-state index contributed by atoms with van der Waals surface area (Å²) in [4.78, 5) is 23.8. The topological polar surface area (TPSA) is 68.5 Å². The number of ether oxygens (including phenoxy) is 1. The van der Waals surface area contributed by atoms with E-state index in [0.717, 1.165) is 25.0 Å². The van der Waals surface area contributed by atoms with Crippen LogP contribution in [0.1, 0.15) is 35.9 Å². The van der Waals surface area contributed by atoms with Crippen LogP contribution in [-0.2, 0) is 15.7 Å². The molecule has 2 aromatic rings. The Morgan fingerprint density at radius 1 is 1.23 bits per heavy atom. The van der Waals surface area contributed by atoms with Gasteiger partial charge in [-0.25, -0.2) is 4.79 Å². The predicted octanol–water partition coefficient (Wildman–Crippen LogP) is 3.79. The maximum Gasteiger partial charge on any atom is 0.416 e. The second-order valence-corrected chi connectivity index (χ2v) is 6.07. The maximum absolute atomic E-state index is 12.8. The zero-order chi connectivity index (χ0) is 18.9. The highest BCUT2D eigenvalue weighted by Gasteiger charge is 2.31. The minimum absolute atomic E-state index is 0.0955. The van der Waals surface area contributed by atoms with Gasteiger partial charge in [-0.2, -0.15) is 13.2 Å². The Morgan fingerprint density at radius 2 is 1.96 bits per heavy atom. The molecule has 1 atom stereocenters. The van der Waals surface area contributed by atoms with Gasteiger partial charge in [0, 0.05) is 11.6 Å². The standard InChI is InChI=1S/C18H16F3NO4/c1-10(16(23)22-13-5-6-13)25-17(24)15-8-7-14(26-15)11-3-2-4-12(9-11)18(19,20)21/h2-4,7-10,13H,5-6H2,1H3,(H,22,23)/t10-/m0/s1. The van der Waals surface area contributed by atoms with Crippen LogP contribution in [-0.4, -0.2) is 24.0 Å². The number of rotatable bonds is 5. The number of hydrogen-bond acceptors (Lipinski definition) is 4. The summed E-state index contributed by atoms with van der Waals surface area (Å²) in [5.74, 6) is -1.35. The molecule has 0 bridgehead atoms. The molecule has 8 heteroatoms. The molecule has 0 radical (unpaired) electrons. The number of amides is 1. The highest BCUT2D eigenvalue weighted by atomic mass is 19.4. The highest BCUT2D eigenvalue weighted by Crippen LogP contribution is 2.32. The first-order valence-corrected chi connectivity index (χ1v) is 8.03. The van der Waals surface area contributed by atoms with E-state index in [4.69, 9.17) is 9.15 Å². The molecule has 0 spiro atoms. The molecule has 1 aromatic carbocycles. The molecule has 1 aliphatic carbocycles. The third-order valence-electron chi connectivity index (χ3n) is 3.86. The van der Waals surface area contributed by atoms with Gasteiger partial charge in [0.2, 0.25) is 5.76 Å². The summed E-state index contributed by atoms with van der Waals surface area (Å²) >= 11 is 0. The summed E-state index contributed by atoms with van der Waals surface area (Å²) in [6.45, 7) is 1.44.